The molecule has 2 unspecified atom stereocenters. The Morgan fingerprint density at radius 2 is 2.14 bits per heavy atom. The summed E-state index contributed by atoms with van der Waals surface area (Å²) >= 11 is 0. The molecule has 0 heterocycles. The van der Waals surface area contributed by atoms with Gasteiger partial charge in [-0.1, -0.05) is 33.1 Å². The van der Waals surface area contributed by atoms with Crippen LogP contribution in [-0.2, 0) is 0 Å². The van der Waals surface area contributed by atoms with Crippen LogP contribution < -0.4 is 5.73 Å². The molecule has 14 heavy (non-hydrogen) atoms. The molecular weight excluding hydrogens is 172 g/mol. The summed E-state index contributed by atoms with van der Waals surface area (Å²) < 4.78 is 0. The number of nitrogens with zero attached hydrogens (tertiary/aromatic N) is 1. The molecule has 0 aromatic carbocycles. The maximum Gasteiger partial charge on any atom is 0.0331 e. The lowest BCUT2D eigenvalue weighted by molar-refractivity contribution is 0.0608. The summed E-state index contributed by atoms with van der Waals surface area (Å²) in [5, 5.41) is 0. The first-order valence-electron chi connectivity index (χ1n) is 6.09. The summed E-state index contributed by atoms with van der Waals surface area (Å²) in [4.78, 5) is 2.47. The lowest BCUT2D eigenvalue weighted by Gasteiger charge is -2.46. The van der Waals surface area contributed by atoms with Crippen LogP contribution in [0.15, 0.2) is 0 Å². The maximum absolute atomic E-state index is 5.99. The normalized spacial score (nSPS) is 33.6. The second kappa shape index (κ2) is 5.13. The smallest absolute Gasteiger partial charge is 0.0331 e. The van der Waals surface area contributed by atoms with Crippen LogP contribution in [-0.4, -0.2) is 30.6 Å². The first kappa shape index (κ1) is 12.0. The summed E-state index contributed by atoms with van der Waals surface area (Å²) in [5.74, 6) is 0.904. The molecule has 1 saturated carbocycles. The Kier molecular flexibility index (Phi) is 4.39. The van der Waals surface area contributed by atoms with Crippen LogP contribution in [0.2, 0.25) is 0 Å². The Morgan fingerprint density at radius 1 is 1.43 bits per heavy atom. The minimum atomic E-state index is 0.313. The maximum atomic E-state index is 5.99. The van der Waals surface area contributed by atoms with E-state index in [4.69, 9.17) is 5.73 Å². The number of hydrogen-bond donors (Lipinski definition) is 1. The van der Waals surface area contributed by atoms with E-state index in [9.17, 15) is 0 Å². The van der Waals surface area contributed by atoms with Crippen LogP contribution in [0.4, 0.5) is 0 Å². The molecule has 2 atom stereocenters. The predicted octanol–water partition coefficient (Wildman–Crippen LogP) is 2.24. The van der Waals surface area contributed by atoms with Gasteiger partial charge in [-0.2, -0.15) is 0 Å². The van der Waals surface area contributed by atoms with Crippen LogP contribution in [0.5, 0.6) is 0 Å². The monoisotopic (exact) mass is 198 g/mol. The highest BCUT2D eigenvalue weighted by molar-refractivity contribution is 4.94. The van der Waals surface area contributed by atoms with Gasteiger partial charge in [-0.15, -0.1) is 0 Å². The van der Waals surface area contributed by atoms with Gasteiger partial charge in [-0.05, 0) is 32.4 Å². The second-order valence-electron chi connectivity index (χ2n) is 4.81. The molecule has 1 fully saturated rings. The third-order valence-electron chi connectivity index (χ3n) is 4.16. The van der Waals surface area contributed by atoms with E-state index in [1.807, 2.05) is 0 Å². The molecule has 84 valence electrons. The van der Waals surface area contributed by atoms with Gasteiger partial charge in [0.15, 0.2) is 0 Å². The molecule has 0 aromatic rings. The number of hydrogen-bond acceptors (Lipinski definition) is 2. The Hall–Kier alpha value is -0.0800. The molecular formula is C12H26N2. The number of rotatable bonds is 4. The first-order valence-corrected chi connectivity index (χ1v) is 6.09. The summed E-state index contributed by atoms with van der Waals surface area (Å²) in [6.45, 7) is 6.48. The molecule has 0 radical (unpaired) electrons. The van der Waals surface area contributed by atoms with Crippen molar-refractivity contribution in [1.82, 2.24) is 4.90 Å². The molecule has 0 saturated heterocycles. The van der Waals surface area contributed by atoms with Gasteiger partial charge in [0.25, 0.3) is 0 Å². The molecule has 0 aromatic heterocycles. The standard InChI is InChI=1S/C12H26N2/c1-4-11-7-6-8-12(9-11,10-13)14(3)5-2/h11H,4-10,13H2,1-3H3. The molecule has 1 aliphatic carbocycles. The van der Waals surface area contributed by atoms with Crippen LogP contribution in [0, 0.1) is 5.92 Å². The van der Waals surface area contributed by atoms with Crippen molar-refractivity contribution < 1.29 is 0 Å². The number of likely N-dealkylation sites (N-methyl/N-ethyl adjacent to an activating group) is 1. The van der Waals surface area contributed by atoms with Gasteiger partial charge in [0, 0.05) is 12.1 Å². The molecule has 2 nitrogen and oxygen atoms in total. The third kappa shape index (κ3) is 2.29. The average molecular weight is 198 g/mol. The Labute approximate surface area is 88.8 Å². The van der Waals surface area contributed by atoms with Crippen LogP contribution in [0.3, 0.4) is 0 Å². The van der Waals surface area contributed by atoms with E-state index >= 15 is 0 Å². The molecule has 2 heteroatoms. The van der Waals surface area contributed by atoms with Gasteiger partial charge in [0.1, 0.15) is 0 Å². The lowest BCUT2D eigenvalue weighted by atomic mass is 9.74. The highest BCUT2D eigenvalue weighted by atomic mass is 15.2. The van der Waals surface area contributed by atoms with E-state index in [0.29, 0.717) is 5.54 Å². The average Bonchev–Trinajstić information content (AvgIpc) is 2.27. The minimum absolute atomic E-state index is 0.313. The predicted molar refractivity (Wildman–Crippen MR) is 62.3 cm³/mol. The minimum Gasteiger partial charge on any atom is -0.329 e. The van der Waals surface area contributed by atoms with E-state index in [1.165, 1.54) is 32.1 Å². The summed E-state index contributed by atoms with van der Waals surface area (Å²) in [6.07, 6.45) is 6.70. The van der Waals surface area contributed by atoms with Crippen LogP contribution in [0.1, 0.15) is 46.0 Å². The highest BCUT2D eigenvalue weighted by Crippen LogP contribution is 2.36. The molecule has 0 bridgehead atoms. The molecule has 1 rings (SSSR count). The molecule has 0 spiro atoms. The Bertz CT molecular complexity index is 170. The number of nitrogens with two attached hydrogens (primary N) is 1. The van der Waals surface area contributed by atoms with E-state index in [0.717, 1.165) is 19.0 Å². The van der Waals surface area contributed by atoms with Crippen LogP contribution in [0.25, 0.3) is 0 Å². The van der Waals surface area contributed by atoms with Gasteiger partial charge >= 0.3 is 0 Å². The van der Waals surface area contributed by atoms with Gasteiger partial charge in [0.05, 0.1) is 0 Å². The van der Waals surface area contributed by atoms with Gasteiger partial charge in [-0.3, -0.25) is 4.90 Å². The third-order valence-corrected chi connectivity index (χ3v) is 4.16. The lowest BCUT2D eigenvalue weighted by Crippen LogP contribution is -2.54. The Morgan fingerprint density at radius 3 is 2.64 bits per heavy atom. The van der Waals surface area contributed by atoms with Crippen LogP contribution >= 0.6 is 0 Å². The van der Waals surface area contributed by atoms with E-state index in [-0.39, 0.29) is 0 Å². The van der Waals surface area contributed by atoms with Crippen molar-refractivity contribution in [2.75, 3.05) is 20.1 Å². The quantitative estimate of drug-likeness (QED) is 0.750. The van der Waals surface area contributed by atoms with Crippen molar-refractivity contribution in [2.24, 2.45) is 11.7 Å². The van der Waals surface area contributed by atoms with E-state index in [1.54, 1.807) is 0 Å². The summed E-state index contributed by atoms with van der Waals surface area (Å²) in [6, 6.07) is 0. The zero-order valence-electron chi connectivity index (χ0n) is 10.1. The van der Waals surface area contributed by atoms with Gasteiger partial charge in [-0.25, -0.2) is 0 Å². The van der Waals surface area contributed by atoms with Crippen molar-refractivity contribution in [3.63, 3.8) is 0 Å². The molecule has 1 aliphatic rings. The van der Waals surface area contributed by atoms with Crippen molar-refractivity contribution >= 4 is 0 Å². The zero-order valence-corrected chi connectivity index (χ0v) is 10.1. The van der Waals surface area contributed by atoms with Crippen molar-refractivity contribution in [3.8, 4) is 0 Å². The summed E-state index contributed by atoms with van der Waals surface area (Å²) in [5.41, 5.74) is 6.30. The highest BCUT2D eigenvalue weighted by Gasteiger charge is 2.37. The SMILES string of the molecule is CCC1CCCC(CN)(N(C)CC)C1. The van der Waals surface area contributed by atoms with Crippen molar-refractivity contribution in [3.05, 3.63) is 0 Å². The summed E-state index contributed by atoms with van der Waals surface area (Å²) in [7, 11) is 2.23. The van der Waals surface area contributed by atoms with Gasteiger partial charge in [0.2, 0.25) is 0 Å². The molecule has 0 aliphatic heterocycles. The zero-order chi connectivity index (χ0) is 10.6. The topological polar surface area (TPSA) is 29.3 Å². The fraction of sp³-hybridized carbons (Fsp3) is 1.00. The fourth-order valence-corrected chi connectivity index (χ4v) is 2.83. The molecule has 0 amide bonds. The Balaban J connectivity index is 2.67. The van der Waals surface area contributed by atoms with Crippen molar-refractivity contribution in [2.45, 2.75) is 51.5 Å². The van der Waals surface area contributed by atoms with Gasteiger partial charge < -0.3 is 5.73 Å². The van der Waals surface area contributed by atoms with Crippen molar-refractivity contribution in [1.29, 1.82) is 0 Å². The second-order valence-corrected chi connectivity index (χ2v) is 4.81. The fourth-order valence-electron chi connectivity index (χ4n) is 2.83. The molecule has 2 N–H and O–H groups in total. The largest absolute Gasteiger partial charge is 0.329 e. The van der Waals surface area contributed by atoms with E-state index in [2.05, 4.69) is 25.8 Å². The first-order chi connectivity index (χ1) is 6.68. The van der Waals surface area contributed by atoms with E-state index < -0.39 is 0 Å².